The second-order valence-corrected chi connectivity index (χ2v) is 4.79. The number of ether oxygens (including phenoxy) is 2. The van der Waals surface area contributed by atoms with E-state index in [-0.39, 0.29) is 5.91 Å². The number of methoxy groups -OCH3 is 2. The summed E-state index contributed by atoms with van der Waals surface area (Å²) in [5, 5.41) is 0. The van der Waals surface area contributed by atoms with E-state index in [9.17, 15) is 4.79 Å². The molecule has 0 aromatic heterocycles. The largest absolute Gasteiger partial charge is 0.385 e. The molecule has 0 atom stereocenters. The third-order valence-electron chi connectivity index (χ3n) is 3.19. The molecule has 0 aliphatic heterocycles. The number of nitrogens with two attached hydrogens (primary N) is 1. The van der Waals surface area contributed by atoms with E-state index in [4.69, 9.17) is 15.3 Å². The number of hydrogen-bond donors (Lipinski definition) is 2. The van der Waals surface area contributed by atoms with Crippen LogP contribution in [0.1, 0.15) is 22.3 Å². The van der Waals surface area contributed by atoms with E-state index >= 15 is 0 Å². The Balaban J connectivity index is 2.57. The van der Waals surface area contributed by atoms with Crippen LogP contribution in [-0.4, -0.2) is 51.3 Å². The summed E-state index contributed by atoms with van der Waals surface area (Å²) in [4.78, 5) is 13.7. The van der Waals surface area contributed by atoms with E-state index in [2.05, 4.69) is 10.3 Å². The number of nitrogens with zero attached hydrogens (tertiary/aromatic N) is 1. The molecule has 0 fully saturated rings. The summed E-state index contributed by atoms with van der Waals surface area (Å²) < 4.78 is 10.2. The topological polar surface area (TPSA) is 76.8 Å². The van der Waals surface area contributed by atoms with Gasteiger partial charge >= 0.3 is 0 Å². The quantitative estimate of drug-likeness (QED) is 0.289. The van der Waals surface area contributed by atoms with Crippen LogP contribution in [0.5, 0.6) is 0 Å². The first-order valence-corrected chi connectivity index (χ1v) is 7.01. The minimum atomic E-state index is -0.280. The molecule has 1 aromatic carbocycles. The second-order valence-electron chi connectivity index (χ2n) is 4.79. The van der Waals surface area contributed by atoms with Crippen molar-refractivity contribution in [1.82, 2.24) is 10.3 Å². The summed E-state index contributed by atoms with van der Waals surface area (Å²) in [6.45, 7) is 4.07. The Labute approximate surface area is 126 Å². The number of hydrogen-bond acceptors (Lipinski definition) is 5. The number of amides is 1. The Morgan fingerprint density at radius 3 is 2.38 bits per heavy atom. The second kappa shape index (κ2) is 10.3. The van der Waals surface area contributed by atoms with Gasteiger partial charge in [-0.05, 0) is 24.1 Å². The highest BCUT2D eigenvalue weighted by Gasteiger charge is 2.07. The Morgan fingerprint density at radius 2 is 1.81 bits per heavy atom. The Bertz CT molecular complexity index is 409. The Kier molecular flexibility index (Phi) is 8.61. The number of carbonyl (C=O) groups is 1. The molecule has 6 heteroatoms. The average Bonchev–Trinajstić information content (AvgIpc) is 2.52. The molecule has 0 spiro atoms. The summed E-state index contributed by atoms with van der Waals surface area (Å²) in [6.07, 6.45) is 0.980. The number of benzene rings is 1. The zero-order valence-corrected chi connectivity index (χ0v) is 12.8. The summed E-state index contributed by atoms with van der Waals surface area (Å²) >= 11 is 0. The first kappa shape index (κ1) is 17.6. The molecule has 118 valence electrons. The standard InChI is InChI=1S/C15H25N3O3/c1-20-10-3-8-18(9-11-21-2)12-13-4-6-14(7-5-13)15(19)17-16/h4-7H,3,8-12,16H2,1-2H3,(H,17,19). The molecule has 0 saturated heterocycles. The lowest BCUT2D eigenvalue weighted by Crippen LogP contribution is -2.30. The molecule has 0 aliphatic carbocycles. The van der Waals surface area contributed by atoms with Gasteiger partial charge in [-0.1, -0.05) is 12.1 Å². The van der Waals surface area contributed by atoms with E-state index in [1.54, 1.807) is 26.4 Å². The van der Waals surface area contributed by atoms with E-state index in [1.165, 1.54) is 0 Å². The molecule has 6 nitrogen and oxygen atoms in total. The molecule has 1 amide bonds. The number of nitrogen functional groups attached to an aromatic ring is 1. The van der Waals surface area contributed by atoms with Crippen molar-refractivity contribution in [3.63, 3.8) is 0 Å². The highest BCUT2D eigenvalue weighted by Crippen LogP contribution is 2.08. The first-order chi connectivity index (χ1) is 10.2. The van der Waals surface area contributed by atoms with Gasteiger partial charge in [0.05, 0.1) is 6.61 Å². The van der Waals surface area contributed by atoms with Gasteiger partial charge in [-0.15, -0.1) is 0 Å². The van der Waals surface area contributed by atoms with Crippen molar-refractivity contribution in [3.8, 4) is 0 Å². The normalized spacial score (nSPS) is 10.9. The molecule has 0 radical (unpaired) electrons. The van der Waals surface area contributed by atoms with Gasteiger partial charge in [0, 0.05) is 46.0 Å². The maximum absolute atomic E-state index is 11.4. The van der Waals surface area contributed by atoms with Crippen LogP contribution in [0.3, 0.4) is 0 Å². The summed E-state index contributed by atoms with van der Waals surface area (Å²) in [7, 11) is 3.41. The molecule has 0 bridgehead atoms. The van der Waals surface area contributed by atoms with Crippen LogP contribution in [0.25, 0.3) is 0 Å². The van der Waals surface area contributed by atoms with Crippen molar-refractivity contribution < 1.29 is 14.3 Å². The monoisotopic (exact) mass is 295 g/mol. The molecule has 3 N–H and O–H groups in total. The third kappa shape index (κ3) is 6.68. The number of carbonyl (C=O) groups excluding carboxylic acids is 1. The van der Waals surface area contributed by atoms with Crippen molar-refractivity contribution in [2.24, 2.45) is 5.84 Å². The van der Waals surface area contributed by atoms with Gasteiger partial charge in [0.25, 0.3) is 5.91 Å². The average molecular weight is 295 g/mol. The fourth-order valence-electron chi connectivity index (χ4n) is 2.03. The van der Waals surface area contributed by atoms with Gasteiger partial charge in [-0.2, -0.15) is 0 Å². The van der Waals surface area contributed by atoms with Crippen LogP contribution in [0.4, 0.5) is 0 Å². The highest BCUT2D eigenvalue weighted by atomic mass is 16.5. The van der Waals surface area contributed by atoms with Crippen LogP contribution < -0.4 is 11.3 Å². The number of rotatable bonds is 10. The maximum atomic E-state index is 11.4. The van der Waals surface area contributed by atoms with Crippen LogP contribution in [0, 0.1) is 0 Å². The van der Waals surface area contributed by atoms with Gasteiger partial charge in [0.2, 0.25) is 0 Å². The van der Waals surface area contributed by atoms with Crippen LogP contribution in [0.2, 0.25) is 0 Å². The fraction of sp³-hybridized carbons (Fsp3) is 0.533. The molecular formula is C15H25N3O3. The van der Waals surface area contributed by atoms with Crippen molar-refractivity contribution in [1.29, 1.82) is 0 Å². The zero-order valence-electron chi connectivity index (χ0n) is 12.8. The van der Waals surface area contributed by atoms with Gasteiger partial charge in [-0.25, -0.2) is 5.84 Å². The molecule has 21 heavy (non-hydrogen) atoms. The molecule has 0 unspecified atom stereocenters. The molecule has 0 heterocycles. The van der Waals surface area contributed by atoms with Gasteiger partial charge in [-0.3, -0.25) is 15.1 Å². The van der Waals surface area contributed by atoms with Crippen molar-refractivity contribution >= 4 is 5.91 Å². The van der Waals surface area contributed by atoms with E-state index in [0.29, 0.717) is 12.2 Å². The predicted octanol–water partition coefficient (Wildman–Crippen LogP) is 0.775. The van der Waals surface area contributed by atoms with Crippen LogP contribution in [0.15, 0.2) is 24.3 Å². The molecular weight excluding hydrogens is 270 g/mol. The van der Waals surface area contributed by atoms with Crippen molar-refractivity contribution in [2.75, 3.05) is 40.5 Å². The summed E-state index contributed by atoms with van der Waals surface area (Å²) in [5.41, 5.74) is 3.83. The lowest BCUT2D eigenvalue weighted by Gasteiger charge is -2.22. The Hall–Kier alpha value is -1.47. The smallest absolute Gasteiger partial charge is 0.265 e. The van der Waals surface area contributed by atoms with Crippen LogP contribution >= 0.6 is 0 Å². The van der Waals surface area contributed by atoms with E-state index in [1.807, 2.05) is 12.1 Å². The van der Waals surface area contributed by atoms with E-state index < -0.39 is 0 Å². The van der Waals surface area contributed by atoms with Gasteiger partial charge in [0.15, 0.2) is 0 Å². The summed E-state index contributed by atoms with van der Waals surface area (Å²) in [6, 6.07) is 7.45. The van der Waals surface area contributed by atoms with Crippen molar-refractivity contribution in [3.05, 3.63) is 35.4 Å². The highest BCUT2D eigenvalue weighted by molar-refractivity contribution is 5.93. The third-order valence-corrected chi connectivity index (χ3v) is 3.19. The fourth-order valence-corrected chi connectivity index (χ4v) is 2.03. The van der Waals surface area contributed by atoms with E-state index in [0.717, 1.165) is 38.2 Å². The minimum absolute atomic E-state index is 0.280. The lowest BCUT2D eigenvalue weighted by atomic mass is 10.1. The van der Waals surface area contributed by atoms with Gasteiger partial charge in [0.1, 0.15) is 0 Å². The number of hydrazine groups is 1. The Morgan fingerprint density at radius 1 is 1.14 bits per heavy atom. The van der Waals surface area contributed by atoms with Crippen molar-refractivity contribution in [2.45, 2.75) is 13.0 Å². The maximum Gasteiger partial charge on any atom is 0.265 e. The molecule has 1 aromatic rings. The molecule has 0 saturated carbocycles. The molecule has 1 rings (SSSR count). The molecule has 0 aliphatic rings. The zero-order chi connectivity index (χ0) is 15.5. The predicted molar refractivity (Wildman–Crippen MR) is 81.7 cm³/mol. The van der Waals surface area contributed by atoms with Crippen LogP contribution in [-0.2, 0) is 16.0 Å². The van der Waals surface area contributed by atoms with Gasteiger partial charge < -0.3 is 9.47 Å². The summed E-state index contributed by atoms with van der Waals surface area (Å²) in [5.74, 6) is 4.83. The first-order valence-electron chi connectivity index (χ1n) is 7.01. The number of nitrogens with one attached hydrogen (secondary N) is 1. The lowest BCUT2D eigenvalue weighted by molar-refractivity contribution is 0.0953. The SMILES string of the molecule is COCCCN(CCOC)Cc1ccc(C(=O)NN)cc1. The minimum Gasteiger partial charge on any atom is -0.385 e.